The molecule has 2 aliphatic rings. The van der Waals surface area contributed by atoms with E-state index in [1.165, 1.54) is 25.7 Å². The number of rotatable bonds is 5. The molecule has 1 aliphatic carbocycles. The lowest BCUT2D eigenvalue weighted by molar-refractivity contribution is 0.115. The third kappa shape index (κ3) is 3.68. The average molecular weight is 250 g/mol. The van der Waals surface area contributed by atoms with Gasteiger partial charge in [-0.25, -0.2) is 0 Å². The molecule has 2 rings (SSSR count). The van der Waals surface area contributed by atoms with Gasteiger partial charge >= 0.3 is 0 Å². The van der Waals surface area contributed by atoms with E-state index in [0.29, 0.717) is 12.1 Å². The average Bonchev–Trinajstić information content (AvgIpc) is 3.13. The number of piperidine rings is 1. The third-order valence-electron chi connectivity index (χ3n) is 4.10. The summed E-state index contributed by atoms with van der Waals surface area (Å²) in [7, 11) is 4.31. The Morgan fingerprint density at radius 3 is 2.67 bits per heavy atom. The Kier molecular flexibility index (Phi) is 4.26. The predicted octanol–water partition coefficient (Wildman–Crippen LogP) is 1.05. The van der Waals surface area contributed by atoms with E-state index in [0.717, 1.165) is 19.6 Å². The minimum Gasteiger partial charge on any atom is -0.305 e. The van der Waals surface area contributed by atoms with Gasteiger partial charge in [-0.2, -0.15) is 5.26 Å². The van der Waals surface area contributed by atoms with Crippen molar-refractivity contribution in [2.75, 3.05) is 33.7 Å². The second kappa shape index (κ2) is 5.56. The van der Waals surface area contributed by atoms with Gasteiger partial charge in [0.25, 0.3) is 0 Å². The molecule has 2 unspecified atom stereocenters. The second-order valence-corrected chi connectivity index (χ2v) is 6.36. The topological polar surface area (TPSA) is 42.3 Å². The van der Waals surface area contributed by atoms with Crippen molar-refractivity contribution >= 4 is 0 Å². The Morgan fingerprint density at radius 1 is 1.39 bits per heavy atom. The normalized spacial score (nSPS) is 28.9. The number of nitriles is 1. The molecule has 0 aromatic heterocycles. The molecule has 2 atom stereocenters. The summed E-state index contributed by atoms with van der Waals surface area (Å²) in [6.45, 7) is 5.12. The summed E-state index contributed by atoms with van der Waals surface area (Å²) in [6.07, 6.45) is 4.99. The molecule has 0 spiro atoms. The van der Waals surface area contributed by atoms with E-state index >= 15 is 0 Å². The van der Waals surface area contributed by atoms with Crippen LogP contribution in [0.2, 0.25) is 0 Å². The minimum absolute atomic E-state index is 0.380. The van der Waals surface area contributed by atoms with Gasteiger partial charge in [0.2, 0.25) is 0 Å². The summed E-state index contributed by atoms with van der Waals surface area (Å²) < 4.78 is 0. The first-order valence-corrected chi connectivity index (χ1v) is 7.10. The summed E-state index contributed by atoms with van der Waals surface area (Å²) in [5.74, 6) is 0. The Morgan fingerprint density at radius 2 is 2.11 bits per heavy atom. The van der Waals surface area contributed by atoms with Crippen molar-refractivity contribution in [2.24, 2.45) is 0 Å². The van der Waals surface area contributed by atoms with Crippen LogP contribution in [0.3, 0.4) is 0 Å². The molecule has 0 aromatic carbocycles. The van der Waals surface area contributed by atoms with Gasteiger partial charge < -0.3 is 4.90 Å². The zero-order valence-electron chi connectivity index (χ0n) is 11.9. The van der Waals surface area contributed by atoms with Crippen molar-refractivity contribution in [3.8, 4) is 6.07 Å². The standard InChI is InChI=1S/C14H26N4/c1-14(10-15,16-12-6-7-12)11-18-8-4-5-13(9-18)17(2)3/h12-13,16H,4-9,11H2,1-3H3. The lowest BCUT2D eigenvalue weighted by Gasteiger charge is -2.39. The molecule has 0 amide bonds. The lowest BCUT2D eigenvalue weighted by Crippen LogP contribution is -2.55. The van der Waals surface area contributed by atoms with Crippen molar-refractivity contribution in [3.63, 3.8) is 0 Å². The maximum Gasteiger partial charge on any atom is 0.116 e. The molecule has 1 saturated heterocycles. The lowest BCUT2D eigenvalue weighted by atomic mass is 9.99. The van der Waals surface area contributed by atoms with E-state index in [1.54, 1.807) is 0 Å². The fourth-order valence-electron chi connectivity index (χ4n) is 2.83. The zero-order valence-corrected chi connectivity index (χ0v) is 11.9. The first-order chi connectivity index (χ1) is 8.52. The molecular weight excluding hydrogens is 224 g/mol. The van der Waals surface area contributed by atoms with Crippen LogP contribution in [-0.2, 0) is 0 Å². The van der Waals surface area contributed by atoms with E-state index in [1.807, 2.05) is 6.92 Å². The Bertz CT molecular complexity index is 318. The van der Waals surface area contributed by atoms with Crippen molar-refractivity contribution in [3.05, 3.63) is 0 Å². The maximum absolute atomic E-state index is 9.42. The molecule has 4 nitrogen and oxygen atoms in total. The van der Waals surface area contributed by atoms with Crippen LogP contribution in [0.4, 0.5) is 0 Å². The smallest absolute Gasteiger partial charge is 0.116 e. The number of nitrogens with one attached hydrogen (secondary N) is 1. The molecule has 0 radical (unpaired) electrons. The van der Waals surface area contributed by atoms with Crippen LogP contribution in [0, 0.1) is 11.3 Å². The highest BCUT2D eigenvalue weighted by Gasteiger charge is 2.35. The summed E-state index contributed by atoms with van der Waals surface area (Å²) in [5.41, 5.74) is -0.380. The fraction of sp³-hybridized carbons (Fsp3) is 0.929. The number of hydrogen-bond acceptors (Lipinski definition) is 4. The SMILES string of the molecule is CN(C)C1CCCN(CC(C)(C#N)NC2CC2)C1. The van der Waals surface area contributed by atoms with Crippen LogP contribution in [0.1, 0.15) is 32.6 Å². The van der Waals surface area contributed by atoms with Gasteiger partial charge in [-0.05, 0) is 53.2 Å². The summed E-state index contributed by atoms with van der Waals surface area (Å²) in [4.78, 5) is 4.76. The molecule has 1 heterocycles. The summed E-state index contributed by atoms with van der Waals surface area (Å²) >= 11 is 0. The van der Waals surface area contributed by atoms with Crippen LogP contribution in [0.5, 0.6) is 0 Å². The van der Waals surface area contributed by atoms with E-state index in [2.05, 4.69) is 35.3 Å². The molecule has 0 aromatic rings. The van der Waals surface area contributed by atoms with E-state index in [-0.39, 0.29) is 5.54 Å². The van der Waals surface area contributed by atoms with Gasteiger partial charge in [0.1, 0.15) is 5.54 Å². The van der Waals surface area contributed by atoms with Crippen LogP contribution < -0.4 is 5.32 Å². The summed E-state index contributed by atoms with van der Waals surface area (Å²) in [6, 6.07) is 3.70. The number of hydrogen-bond donors (Lipinski definition) is 1. The Hall–Kier alpha value is -0.630. The number of likely N-dealkylation sites (N-methyl/N-ethyl adjacent to an activating group) is 1. The molecule has 102 valence electrons. The van der Waals surface area contributed by atoms with Gasteiger partial charge in [0.15, 0.2) is 0 Å². The van der Waals surface area contributed by atoms with Crippen LogP contribution in [0.15, 0.2) is 0 Å². The monoisotopic (exact) mass is 250 g/mol. The van der Waals surface area contributed by atoms with Gasteiger partial charge in [-0.15, -0.1) is 0 Å². The largest absolute Gasteiger partial charge is 0.305 e. The van der Waals surface area contributed by atoms with Gasteiger partial charge in [-0.3, -0.25) is 10.2 Å². The van der Waals surface area contributed by atoms with Crippen molar-refractivity contribution in [1.82, 2.24) is 15.1 Å². The van der Waals surface area contributed by atoms with Crippen molar-refractivity contribution < 1.29 is 0 Å². The second-order valence-electron chi connectivity index (χ2n) is 6.36. The maximum atomic E-state index is 9.42. The third-order valence-corrected chi connectivity index (χ3v) is 4.10. The van der Waals surface area contributed by atoms with Gasteiger partial charge in [0, 0.05) is 25.2 Å². The molecule has 2 fully saturated rings. The Labute approximate surface area is 111 Å². The molecule has 1 saturated carbocycles. The molecule has 0 bridgehead atoms. The molecule has 18 heavy (non-hydrogen) atoms. The molecular formula is C14H26N4. The minimum atomic E-state index is -0.380. The van der Waals surface area contributed by atoms with E-state index < -0.39 is 0 Å². The van der Waals surface area contributed by atoms with Gasteiger partial charge in [0.05, 0.1) is 6.07 Å². The van der Waals surface area contributed by atoms with E-state index in [9.17, 15) is 5.26 Å². The highest BCUT2D eigenvalue weighted by molar-refractivity contribution is 5.09. The highest BCUT2D eigenvalue weighted by Crippen LogP contribution is 2.23. The Balaban J connectivity index is 1.88. The number of nitrogens with zero attached hydrogens (tertiary/aromatic N) is 3. The van der Waals surface area contributed by atoms with Crippen LogP contribution in [0.25, 0.3) is 0 Å². The molecule has 1 aliphatic heterocycles. The van der Waals surface area contributed by atoms with E-state index in [4.69, 9.17) is 0 Å². The molecule has 1 N–H and O–H groups in total. The predicted molar refractivity (Wildman–Crippen MR) is 73.3 cm³/mol. The van der Waals surface area contributed by atoms with Gasteiger partial charge in [-0.1, -0.05) is 0 Å². The molecule has 4 heteroatoms. The van der Waals surface area contributed by atoms with Crippen molar-refractivity contribution in [2.45, 2.75) is 50.2 Å². The summed E-state index contributed by atoms with van der Waals surface area (Å²) in [5, 5.41) is 12.9. The van der Waals surface area contributed by atoms with Crippen LogP contribution >= 0.6 is 0 Å². The first kappa shape index (κ1) is 13.8. The zero-order chi connectivity index (χ0) is 13.2. The van der Waals surface area contributed by atoms with Crippen molar-refractivity contribution in [1.29, 1.82) is 5.26 Å². The number of likely N-dealkylation sites (tertiary alicyclic amines) is 1. The quantitative estimate of drug-likeness (QED) is 0.792. The highest BCUT2D eigenvalue weighted by atomic mass is 15.2. The van der Waals surface area contributed by atoms with Crippen LogP contribution in [-0.4, -0.2) is 61.2 Å². The first-order valence-electron chi connectivity index (χ1n) is 7.10. The fourth-order valence-corrected chi connectivity index (χ4v) is 2.83.